The summed E-state index contributed by atoms with van der Waals surface area (Å²) in [5, 5.41) is 2.82. The van der Waals surface area contributed by atoms with Crippen LogP contribution in [0.3, 0.4) is 0 Å². The molecule has 0 unspecified atom stereocenters. The summed E-state index contributed by atoms with van der Waals surface area (Å²) in [5.74, 6) is 1.76. The fraction of sp³-hybridized carbons (Fsp3) is 0.263. The van der Waals surface area contributed by atoms with Crippen molar-refractivity contribution >= 4 is 41.1 Å². The first kappa shape index (κ1) is 17.9. The summed E-state index contributed by atoms with van der Waals surface area (Å²) in [4.78, 5) is 24.0. The zero-order chi connectivity index (χ0) is 17.6. The van der Waals surface area contributed by atoms with Crippen LogP contribution in [0.25, 0.3) is 0 Å². The van der Waals surface area contributed by atoms with Gasteiger partial charge in [-0.3, -0.25) is 4.79 Å². The molecule has 6 heteroatoms. The van der Waals surface area contributed by atoms with Gasteiger partial charge in [-0.1, -0.05) is 18.2 Å². The average molecular weight is 373 g/mol. The largest absolute Gasteiger partial charge is 0.465 e. The molecule has 0 aliphatic carbocycles. The number of benzene rings is 2. The van der Waals surface area contributed by atoms with Crippen LogP contribution in [0.2, 0.25) is 0 Å². The predicted molar refractivity (Wildman–Crippen MR) is 104 cm³/mol. The van der Waals surface area contributed by atoms with Crippen molar-refractivity contribution in [3.63, 3.8) is 0 Å². The van der Waals surface area contributed by atoms with Crippen LogP contribution < -0.4 is 5.32 Å². The average Bonchev–Trinajstić information content (AvgIpc) is 2.68. The Bertz CT molecular complexity index is 756. The molecular weight excluding hydrogens is 354 g/mol. The number of esters is 1. The number of carbonyl (C=O) groups is 2. The first-order valence-corrected chi connectivity index (χ1v) is 10.1. The summed E-state index contributed by atoms with van der Waals surface area (Å²) in [5.41, 5.74) is 2.81. The van der Waals surface area contributed by atoms with Gasteiger partial charge in [-0.2, -0.15) is 0 Å². The van der Waals surface area contributed by atoms with Crippen molar-refractivity contribution in [2.75, 3.05) is 23.9 Å². The quantitative estimate of drug-likeness (QED) is 0.794. The summed E-state index contributed by atoms with van der Waals surface area (Å²) in [6.45, 7) is 0. The van der Waals surface area contributed by atoms with Crippen LogP contribution in [0, 0.1) is 0 Å². The van der Waals surface area contributed by atoms with Crippen LogP contribution in [-0.4, -0.2) is 30.5 Å². The molecule has 0 bridgehead atoms. The van der Waals surface area contributed by atoms with Gasteiger partial charge >= 0.3 is 5.97 Å². The van der Waals surface area contributed by atoms with Crippen LogP contribution in [0.4, 0.5) is 5.69 Å². The highest BCUT2D eigenvalue weighted by Gasteiger charge is 2.17. The van der Waals surface area contributed by atoms with E-state index in [9.17, 15) is 9.59 Å². The van der Waals surface area contributed by atoms with Gasteiger partial charge in [0, 0.05) is 11.3 Å². The fourth-order valence-electron chi connectivity index (χ4n) is 2.52. The lowest BCUT2D eigenvalue weighted by Crippen LogP contribution is -2.12. The molecule has 0 saturated carbocycles. The maximum atomic E-state index is 12.4. The van der Waals surface area contributed by atoms with E-state index in [1.807, 2.05) is 47.8 Å². The predicted octanol–water partition coefficient (Wildman–Crippen LogP) is 4.59. The summed E-state index contributed by atoms with van der Waals surface area (Å²) in [7, 11) is 1.33. The zero-order valence-electron chi connectivity index (χ0n) is 13.9. The number of methoxy groups -OCH3 is 1. The van der Waals surface area contributed by atoms with Crippen LogP contribution in [0.5, 0.6) is 0 Å². The van der Waals surface area contributed by atoms with Gasteiger partial charge in [-0.15, -0.1) is 23.5 Å². The highest BCUT2D eigenvalue weighted by Crippen LogP contribution is 2.43. The maximum Gasteiger partial charge on any atom is 0.337 e. The number of anilines is 1. The van der Waals surface area contributed by atoms with Gasteiger partial charge in [0.25, 0.3) is 5.91 Å². The highest BCUT2D eigenvalue weighted by molar-refractivity contribution is 8.16. The second-order valence-electron chi connectivity index (χ2n) is 5.58. The summed E-state index contributed by atoms with van der Waals surface area (Å²) in [6, 6.07) is 14.5. The van der Waals surface area contributed by atoms with Crippen LogP contribution in [-0.2, 0) is 4.74 Å². The third-order valence-electron chi connectivity index (χ3n) is 3.81. The molecule has 1 amide bonds. The highest BCUT2D eigenvalue weighted by atomic mass is 32.2. The molecule has 1 fully saturated rings. The molecule has 0 atom stereocenters. The standard InChI is InChI=1S/C19H19NO3S2/c1-23-18(22)15-4-2-5-16(12-15)20-17(21)13-6-8-14(9-7-13)19-24-10-3-11-25-19/h2,4-9,12,19H,3,10-11H2,1H3,(H,20,21). The van der Waals surface area contributed by atoms with Gasteiger partial charge < -0.3 is 10.1 Å². The number of nitrogens with one attached hydrogen (secondary N) is 1. The number of carbonyl (C=O) groups excluding carboxylic acids is 2. The van der Waals surface area contributed by atoms with Crippen molar-refractivity contribution in [1.82, 2.24) is 0 Å². The first-order chi connectivity index (χ1) is 12.2. The van der Waals surface area contributed by atoms with E-state index in [2.05, 4.69) is 5.32 Å². The fourth-order valence-corrected chi connectivity index (χ4v) is 5.41. The van der Waals surface area contributed by atoms with Gasteiger partial charge in [0.2, 0.25) is 0 Å². The summed E-state index contributed by atoms with van der Waals surface area (Å²) < 4.78 is 5.16. The number of hydrogen-bond donors (Lipinski definition) is 1. The Balaban J connectivity index is 1.68. The normalized spacial score (nSPS) is 14.8. The molecule has 1 aliphatic heterocycles. The number of ether oxygens (including phenoxy) is 1. The van der Waals surface area contributed by atoms with Crippen molar-refractivity contribution in [1.29, 1.82) is 0 Å². The Kier molecular flexibility index (Phi) is 6.04. The maximum absolute atomic E-state index is 12.4. The first-order valence-electron chi connectivity index (χ1n) is 8.00. The van der Waals surface area contributed by atoms with E-state index in [-0.39, 0.29) is 5.91 Å². The Hall–Kier alpha value is -1.92. The Labute approximate surface area is 155 Å². The minimum atomic E-state index is -0.428. The lowest BCUT2D eigenvalue weighted by Gasteiger charge is -2.21. The molecule has 1 saturated heterocycles. The molecule has 130 valence electrons. The molecule has 1 heterocycles. The van der Waals surface area contributed by atoms with Crippen LogP contribution in [0.1, 0.15) is 37.3 Å². The van der Waals surface area contributed by atoms with Gasteiger partial charge in [-0.05, 0) is 53.8 Å². The summed E-state index contributed by atoms with van der Waals surface area (Å²) >= 11 is 3.92. The number of amides is 1. The van der Waals surface area contributed by atoms with Gasteiger partial charge in [0.15, 0.2) is 0 Å². The SMILES string of the molecule is COC(=O)c1cccc(NC(=O)c2ccc(C3SCCCS3)cc2)c1. The Morgan fingerprint density at radius 3 is 2.44 bits per heavy atom. The number of rotatable bonds is 4. The van der Waals surface area contributed by atoms with E-state index >= 15 is 0 Å². The molecule has 2 aromatic rings. The van der Waals surface area contributed by atoms with Crippen molar-refractivity contribution < 1.29 is 14.3 Å². The Morgan fingerprint density at radius 1 is 1.04 bits per heavy atom. The molecule has 3 rings (SSSR count). The molecule has 25 heavy (non-hydrogen) atoms. The third kappa shape index (κ3) is 4.58. The molecule has 2 aromatic carbocycles. The molecule has 0 spiro atoms. The molecule has 0 aromatic heterocycles. The van der Waals surface area contributed by atoms with Gasteiger partial charge in [0.1, 0.15) is 0 Å². The topological polar surface area (TPSA) is 55.4 Å². The minimum Gasteiger partial charge on any atom is -0.465 e. The van der Waals surface area contributed by atoms with E-state index in [1.165, 1.54) is 30.6 Å². The van der Waals surface area contributed by atoms with Crippen molar-refractivity contribution in [2.24, 2.45) is 0 Å². The monoisotopic (exact) mass is 373 g/mol. The van der Waals surface area contributed by atoms with Crippen LogP contribution >= 0.6 is 23.5 Å². The lowest BCUT2D eigenvalue weighted by molar-refractivity contribution is 0.0600. The van der Waals surface area contributed by atoms with Gasteiger partial charge in [-0.25, -0.2) is 4.79 Å². The second kappa shape index (κ2) is 8.45. The van der Waals surface area contributed by atoms with Crippen molar-refractivity contribution in [2.45, 2.75) is 11.0 Å². The minimum absolute atomic E-state index is 0.197. The molecule has 1 aliphatic rings. The van der Waals surface area contributed by atoms with Crippen LogP contribution in [0.15, 0.2) is 48.5 Å². The number of thioether (sulfide) groups is 2. The Morgan fingerprint density at radius 2 is 1.76 bits per heavy atom. The molecule has 4 nitrogen and oxygen atoms in total. The van der Waals surface area contributed by atoms with Crippen molar-refractivity contribution in [3.8, 4) is 0 Å². The lowest BCUT2D eigenvalue weighted by atomic mass is 10.1. The second-order valence-corrected chi connectivity index (χ2v) is 8.30. The molecule has 1 N–H and O–H groups in total. The summed E-state index contributed by atoms with van der Waals surface area (Å²) in [6.07, 6.45) is 1.26. The molecular formula is C19H19NO3S2. The zero-order valence-corrected chi connectivity index (χ0v) is 15.5. The van der Waals surface area contributed by atoms with E-state index in [1.54, 1.807) is 24.3 Å². The van der Waals surface area contributed by atoms with E-state index < -0.39 is 5.97 Å². The smallest absolute Gasteiger partial charge is 0.337 e. The van der Waals surface area contributed by atoms with E-state index in [4.69, 9.17) is 4.74 Å². The number of hydrogen-bond acceptors (Lipinski definition) is 5. The van der Waals surface area contributed by atoms with Crippen molar-refractivity contribution in [3.05, 3.63) is 65.2 Å². The van der Waals surface area contributed by atoms with Gasteiger partial charge in [0.05, 0.1) is 17.3 Å². The third-order valence-corrected chi connectivity index (χ3v) is 6.83. The van der Waals surface area contributed by atoms with E-state index in [0.717, 1.165) is 0 Å². The molecule has 0 radical (unpaired) electrons. The van der Waals surface area contributed by atoms with E-state index in [0.29, 0.717) is 21.4 Å².